The molecular formula is C41H43N3O11S. The number of piperazine rings is 1. The smallest absolute Gasteiger partial charge is 0.335 e. The molecule has 0 amide bonds. The van der Waals surface area contributed by atoms with Crippen LogP contribution in [-0.2, 0) is 32.7 Å². The van der Waals surface area contributed by atoms with Gasteiger partial charge < -0.3 is 43.1 Å². The number of esters is 2. The summed E-state index contributed by atoms with van der Waals surface area (Å²) in [6.45, 7) is 5.54. The van der Waals surface area contributed by atoms with Crippen LogP contribution in [0.5, 0.6) is 34.5 Å². The molecule has 3 N–H and O–H groups in total. The van der Waals surface area contributed by atoms with Gasteiger partial charge in [0, 0.05) is 71.4 Å². The van der Waals surface area contributed by atoms with E-state index in [-0.39, 0.29) is 37.9 Å². The van der Waals surface area contributed by atoms with Crippen LogP contribution in [0.25, 0.3) is 11.0 Å². The highest BCUT2D eigenvalue weighted by Gasteiger charge is 2.64. The third-order valence-corrected chi connectivity index (χ3v) is 14.1. The lowest BCUT2D eigenvalue weighted by molar-refractivity contribution is -0.215. The second-order valence-corrected chi connectivity index (χ2v) is 16.8. The molecule has 4 aromatic rings. The molecule has 294 valence electrons. The summed E-state index contributed by atoms with van der Waals surface area (Å²) in [4.78, 5) is 32.0. The number of aliphatic hydroxyl groups is 1. The molecule has 1 spiro atoms. The van der Waals surface area contributed by atoms with E-state index in [0.717, 1.165) is 22.1 Å². The molecule has 15 heteroatoms. The van der Waals surface area contributed by atoms with Gasteiger partial charge in [-0.25, -0.2) is 4.79 Å². The molecule has 4 bridgehead atoms. The van der Waals surface area contributed by atoms with Crippen LogP contribution in [0.4, 0.5) is 0 Å². The number of aromatic hydroxyl groups is 1. The van der Waals surface area contributed by atoms with E-state index in [9.17, 15) is 19.8 Å². The van der Waals surface area contributed by atoms with Gasteiger partial charge in [0.05, 0.1) is 31.6 Å². The van der Waals surface area contributed by atoms with Gasteiger partial charge in [-0.15, -0.1) is 11.8 Å². The first-order valence-corrected chi connectivity index (χ1v) is 19.8. The molecule has 8 aliphatic rings. The minimum absolute atomic E-state index is 0.0184. The molecule has 0 saturated carbocycles. The number of ether oxygens (including phenoxy) is 6. The first-order valence-electron chi connectivity index (χ1n) is 18.8. The normalized spacial score (nSPS) is 29.9. The number of rotatable bonds is 3. The number of phenolic OH excluding ortho intramolecular Hbond substituents is 1. The molecule has 1 aromatic heterocycles. The Bertz CT molecular complexity index is 2380. The SMILES string of the molecule is COc1ccc2oc3c(c2c1)CCN[C@]31CS[C@@H]2c3c(OC(C)=O)c(C)c4c(c3[C@H](COC1=O)N1[C@@H]2C2c3c(cc(C)c(OC)c3O)CC1(O)CN2C)OCO4. The number of benzene rings is 3. The topological polar surface area (TPSA) is 162 Å². The summed E-state index contributed by atoms with van der Waals surface area (Å²) in [5.74, 6) is 1.93. The van der Waals surface area contributed by atoms with Crippen LogP contribution in [0.1, 0.15) is 69.0 Å². The quantitative estimate of drug-likeness (QED) is 0.197. The van der Waals surface area contributed by atoms with Gasteiger partial charge in [0.2, 0.25) is 6.79 Å². The van der Waals surface area contributed by atoms with Crippen molar-refractivity contribution in [3.63, 3.8) is 0 Å². The van der Waals surface area contributed by atoms with Gasteiger partial charge in [-0.2, -0.15) is 0 Å². The fourth-order valence-corrected chi connectivity index (χ4v) is 12.2. The average Bonchev–Trinajstić information content (AvgIpc) is 3.76. The van der Waals surface area contributed by atoms with E-state index in [4.69, 9.17) is 32.8 Å². The standard InChI is InChI=1S/C41H43N3O11S/c1-18-11-21-13-40(48)15-43(4)30(27(21)32(46)33(18)50-6)31-37-29-28(36-35(52-17-53-36)19(2)34(29)54-20(3)45)25(44(31)40)14-51-39(47)41(16-56-37)38-23(9-10-42-41)24-12-22(49-5)7-8-26(24)55-38/h7-8,11-12,25,30-31,37,42,46,48H,9-10,13-17H2,1-6H3/t25-,30?,31+,37+,40?,41+/m0/s1. The van der Waals surface area contributed by atoms with Gasteiger partial charge in [-0.1, -0.05) is 6.07 Å². The Hall–Kier alpha value is -4.67. The number of hydrogen-bond donors (Lipinski definition) is 3. The number of furan rings is 1. The summed E-state index contributed by atoms with van der Waals surface area (Å²) < 4.78 is 42.8. The van der Waals surface area contributed by atoms with Crippen molar-refractivity contribution < 1.29 is 52.6 Å². The van der Waals surface area contributed by atoms with Crippen molar-refractivity contribution in [2.24, 2.45) is 0 Å². The fourth-order valence-electron chi connectivity index (χ4n) is 10.5. The van der Waals surface area contributed by atoms with Gasteiger partial charge in [0.1, 0.15) is 35.2 Å². The van der Waals surface area contributed by atoms with Gasteiger partial charge >= 0.3 is 11.9 Å². The Labute approximate surface area is 326 Å². The number of aryl methyl sites for hydroxylation is 1. The zero-order chi connectivity index (χ0) is 39.0. The number of thioether (sulfide) groups is 1. The van der Waals surface area contributed by atoms with Crippen molar-refractivity contribution in [1.82, 2.24) is 15.1 Å². The van der Waals surface area contributed by atoms with Crippen molar-refractivity contribution in [2.75, 3.05) is 53.5 Å². The van der Waals surface area contributed by atoms with Crippen molar-refractivity contribution in [2.45, 2.75) is 68.3 Å². The molecule has 0 aliphatic carbocycles. The number of methoxy groups -OCH3 is 2. The molecule has 9 heterocycles. The summed E-state index contributed by atoms with van der Waals surface area (Å²) in [7, 11) is 5.10. The average molecular weight is 786 g/mol. The van der Waals surface area contributed by atoms with E-state index in [1.165, 1.54) is 25.8 Å². The second kappa shape index (κ2) is 12.4. The Morgan fingerprint density at radius 3 is 2.62 bits per heavy atom. The Morgan fingerprint density at radius 2 is 1.86 bits per heavy atom. The van der Waals surface area contributed by atoms with Crippen LogP contribution in [0.3, 0.4) is 0 Å². The summed E-state index contributed by atoms with van der Waals surface area (Å²) >= 11 is 1.49. The molecule has 3 unspecified atom stereocenters. The molecule has 7 atom stereocenters. The first-order chi connectivity index (χ1) is 26.9. The maximum atomic E-state index is 14.9. The van der Waals surface area contributed by atoms with Crippen LogP contribution in [0.15, 0.2) is 28.7 Å². The van der Waals surface area contributed by atoms with Crippen molar-refractivity contribution in [3.8, 4) is 34.5 Å². The number of phenols is 1. The van der Waals surface area contributed by atoms with Crippen LogP contribution >= 0.6 is 11.8 Å². The highest BCUT2D eigenvalue weighted by atomic mass is 32.2. The number of carbonyl (C=O) groups is 2. The van der Waals surface area contributed by atoms with Crippen LogP contribution in [0, 0.1) is 13.8 Å². The molecule has 14 nitrogen and oxygen atoms in total. The van der Waals surface area contributed by atoms with Crippen LogP contribution < -0.4 is 29.0 Å². The van der Waals surface area contributed by atoms with Gasteiger partial charge in [0.25, 0.3) is 0 Å². The molecule has 3 aromatic carbocycles. The van der Waals surface area contributed by atoms with E-state index in [0.29, 0.717) is 75.3 Å². The first kappa shape index (κ1) is 35.7. The van der Waals surface area contributed by atoms with Crippen molar-refractivity contribution in [3.05, 3.63) is 69.0 Å². The predicted molar refractivity (Wildman–Crippen MR) is 203 cm³/mol. The molecule has 8 aliphatic heterocycles. The third-order valence-electron chi connectivity index (χ3n) is 12.6. The minimum Gasteiger partial charge on any atom is -0.504 e. The van der Waals surface area contributed by atoms with E-state index >= 15 is 0 Å². The molecule has 12 rings (SSSR count). The number of nitrogens with zero attached hydrogens (tertiary/aromatic N) is 2. The largest absolute Gasteiger partial charge is 0.504 e. The van der Waals surface area contributed by atoms with E-state index in [1.54, 1.807) is 7.11 Å². The van der Waals surface area contributed by atoms with E-state index in [1.807, 2.05) is 45.2 Å². The third kappa shape index (κ3) is 4.71. The zero-order valence-corrected chi connectivity index (χ0v) is 32.8. The fraction of sp³-hybridized carbons (Fsp3) is 0.463. The lowest BCUT2D eigenvalue weighted by Crippen LogP contribution is -2.70. The van der Waals surface area contributed by atoms with Crippen LogP contribution in [-0.4, -0.2) is 97.2 Å². The number of fused-ring (bicyclic) bond motifs is 8. The summed E-state index contributed by atoms with van der Waals surface area (Å²) in [6.07, 6.45) is 0.797. The number of carbonyl (C=O) groups excluding carboxylic acids is 2. The second-order valence-electron chi connectivity index (χ2n) is 15.7. The molecule has 56 heavy (non-hydrogen) atoms. The zero-order valence-electron chi connectivity index (χ0n) is 31.9. The maximum Gasteiger partial charge on any atom is 0.335 e. The van der Waals surface area contributed by atoms with E-state index in [2.05, 4.69) is 15.1 Å². The maximum absolute atomic E-state index is 14.9. The van der Waals surface area contributed by atoms with Gasteiger partial charge in [-0.3, -0.25) is 19.9 Å². The summed E-state index contributed by atoms with van der Waals surface area (Å²) in [5, 5.41) is 29.0. The lowest BCUT2D eigenvalue weighted by Gasteiger charge is -2.60. The molecule has 0 radical (unpaired) electrons. The Kier molecular flexibility index (Phi) is 7.92. The predicted octanol–water partition coefficient (Wildman–Crippen LogP) is 4.46. The number of hydrogen-bond acceptors (Lipinski definition) is 15. The molecular weight excluding hydrogens is 743 g/mol. The Morgan fingerprint density at radius 1 is 1.05 bits per heavy atom. The van der Waals surface area contributed by atoms with Crippen molar-refractivity contribution >= 4 is 34.7 Å². The highest BCUT2D eigenvalue weighted by Crippen LogP contribution is 2.65. The molecule has 2 fully saturated rings. The number of nitrogens with one attached hydrogen (secondary N) is 1. The number of likely N-dealkylation sites (N-methyl/N-ethyl adjacent to an activating group) is 1. The van der Waals surface area contributed by atoms with Crippen LogP contribution in [0.2, 0.25) is 0 Å². The Balaban J connectivity index is 1.24. The van der Waals surface area contributed by atoms with E-state index < -0.39 is 46.6 Å². The van der Waals surface area contributed by atoms with Gasteiger partial charge in [-0.05, 0) is 56.6 Å². The van der Waals surface area contributed by atoms with Crippen molar-refractivity contribution in [1.29, 1.82) is 0 Å². The highest BCUT2D eigenvalue weighted by molar-refractivity contribution is 7.99. The minimum atomic E-state index is -1.51. The summed E-state index contributed by atoms with van der Waals surface area (Å²) in [6, 6.07) is 5.74. The molecule has 2 saturated heterocycles. The summed E-state index contributed by atoms with van der Waals surface area (Å²) in [5.41, 5.74) is 2.76. The lowest BCUT2D eigenvalue weighted by atomic mass is 9.78. The van der Waals surface area contributed by atoms with Gasteiger partial charge in [0.15, 0.2) is 28.5 Å². The monoisotopic (exact) mass is 785 g/mol.